The largest absolute Gasteiger partial charge is 0.367 e. The smallest absolute Gasteiger partial charge is 0.255 e. The number of amides is 3. The van der Waals surface area contributed by atoms with E-state index < -0.39 is 6.04 Å². The van der Waals surface area contributed by atoms with Crippen LogP contribution in [0.4, 0.5) is 5.69 Å². The summed E-state index contributed by atoms with van der Waals surface area (Å²) < 4.78 is 0. The van der Waals surface area contributed by atoms with E-state index >= 15 is 0 Å². The van der Waals surface area contributed by atoms with Gasteiger partial charge in [0.25, 0.3) is 5.91 Å². The lowest BCUT2D eigenvalue weighted by Gasteiger charge is -2.32. The van der Waals surface area contributed by atoms with Crippen molar-refractivity contribution >= 4 is 23.4 Å². The number of nitrogens with two attached hydrogens (primary N) is 1. The number of hydrogen-bond donors (Lipinski definition) is 2. The summed E-state index contributed by atoms with van der Waals surface area (Å²) in [4.78, 5) is 40.7. The van der Waals surface area contributed by atoms with E-state index in [2.05, 4.69) is 34.5 Å². The third-order valence-electron chi connectivity index (χ3n) is 6.99. The molecule has 3 heterocycles. The van der Waals surface area contributed by atoms with Gasteiger partial charge in [-0.2, -0.15) is 0 Å². The van der Waals surface area contributed by atoms with Gasteiger partial charge >= 0.3 is 0 Å². The standard InChI is InChI=1S/C26H30N4O3/c27-11-1-3-17-6-8-22-19(13-17)4-2-12-29(22)15-18-5-7-21-20(14-18)16-30(26(21)33)23-9-10-24(31)28-25(23)32/h5-8,13-14,23H,1-4,9-12,15-16,27H2,(H,28,31,32). The Morgan fingerprint density at radius 2 is 1.82 bits per heavy atom. The molecule has 1 atom stereocenters. The molecule has 7 heteroatoms. The Labute approximate surface area is 193 Å². The van der Waals surface area contributed by atoms with Crippen molar-refractivity contribution in [2.24, 2.45) is 5.73 Å². The van der Waals surface area contributed by atoms with Crippen molar-refractivity contribution < 1.29 is 14.4 Å². The molecular formula is C26H30N4O3. The Balaban J connectivity index is 1.31. The average Bonchev–Trinajstić information content (AvgIpc) is 3.13. The summed E-state index contributed by atoms with van der Waals surface area (Å²) in [6, 6.07) is 12.2. The van der Waals surface area contributed by atoms with Crippen molar-refractivity contribution in [3.63, 3.8) is 0 Å². The molecule has 5 rings (SSSR count). The molecule has 3 aliphatic heterocycles. The highest BCUT2D eigenvalue weighted by Gasteiger charge is 2.39. The number of nitrogens with one attached hydrogen (secondary N) is 1. The van der Waals surface area contributed by atoms with E-state index in [-0.39, 0.29) is 24.1 Å². The van der Waals surface area contributed by atoms with Gasteiger partial charge in [-0.3, -0.25) is 19.7 Å². The fourth-order valence-electron chi connectivity index (χ4n) is 5.30. The van der Waals surface area contributed by atoms with Gasteiger partial charge in [-0.05, 0) is 73.0 Å². The molecule has 3 amide bonds. The first kappa shape index (κ1) is 21.6. The van der Waals surface area contributed by atoms with Crippen LogP contribution < -0.4 is 16.0 Å². The van der Waals surface area contributed by atoms with Crippen LogP contribution in [0.5, 0.6) is 0 Å². The van der Waals surface area contributed by atoms with Gasteiger partial charge in [-0.15, -0.1) is 0 Å². The number of piperidine rings is 1. The van der Waals surface area contributed by atoms with Crippen LogP contribution in [0.1, 0.15) is 58.3 Å². The summed E-state index contributed by atoms with van der Waals surface area (Å²) in [5.41, 5.74) is 12.5. The topological polar surface area (TPSA) is 95.7 Å². The van der Waals surface area contributed by atoms with Crippen LogP contribution in [0.3, 0.4) is 0 Å². The Morgan fingerprint density at radius 3 is 2.64 bits per heavy atom. The van der Waals surface area contributed by atoms with Gasteiger partial charge in [0.05, 0.1) is 0 Å². The van der Waals surface area contributed by atoms with Gasteiger partial charge in [0.15, 0.2) is 0 Å². The molecule has 33 heavy (non-hydrogen) atoms. The zero-order valence-corrected chi connectivity index (χ0v) is 18.8. The molecule has 1 fully saturated rings. The summed E-state index contributed by atoms with van der Waals surface area (Å²) in [6.07, 6.45) is 4.90. The van der Waals surface area contributed by atoms with Crippen LogP contribution in [0.25, 0.3) is 0 Å². The lowest BCUT2D eigenvalue weighted by atomic mass is 9.96. The lowest BCUT2D eigenvalue weighted by Crippen LogP contribution is -2.52. The van der Waals surface area contributed by atoms with Crippen molar-refractivity contribution in [3.05, 3.63) is 64.2 Å². The highest BCUT2D eigenvalue weighted by molar-refractivity contribution is 6.05. The van der Waals surface area contributed by atoms with Crippen molar-refractivity contribution in [3.8, 4) is 0 Å². The minimum atomic E-state index is -0.575. The predicted octanol–water partition coefficient (Wildman–Crippen LogP) is 2.29. The fourth-order valence-corrected chi connectivity index (χ4v) is 5.30. The molecule has 3 N–H and O–H groups in total. The summed E-state index contributed by atoms with van der Waals surface area (Å²) in [5, 5.41) is 2.36. The Hall–Kier alpha value is -3.19. The van der Waals surface area contributed by atoms with Crippen LogP contribution in [-0.2, 0) is 35.5 Å². The molecule has 0 saturated carbocycles. The van der Waals surface area contributed by atoms with E-state index in [1.165, 1.54) is 16.8 Å². The summed E-state index contributed by atoms with van der Waals surface area (Å²) in [7, 11) is 0. The van der Waals surface area contributed by atoms with E-state index in [1.807, 2.05) is 12.1 Å². The highest BCUT2D eigenvalue weighted by Crippen LogP contribution is 2.32. The zero-order valence-electron chi connectivity index (χ0n) is 18.8. The second kappa shape index (κ2) is 8.98. The monoisotopic (exact) mass is 446 g/mol. The van der Waals surface area contributed by atoms with E-state index in [0.29, 0.717) is 25.1 Å². The van der Waals surface area contributed by atoms with E-state index in [4.69, 9.17) is 5.73 Å². The maximum absolute atomic E-state index is 12.9. The van der Waals surface area contributed by atoms with Crippen molar-refractivity contribution in [2.75, 3.05) is 18.0 Å². The van der Waals surface area contributed by atoms with Gasteiger partial charge in [0.1, 0.15) is 6.04 Å². The molecule has 2 aromatic carbocycles. The normalized spacial score (nSPS) is 20.0. The molecular weight excluding hydrogens is 416 g/mol. The Kier molecular flexibility index (Phi) is 5.89. The van der Waals surface area contributed by atoms with Crippen molar-refractivity contribution in [1.82, 2.24) is 10.2 Å². The molecule has 3 aliphatic rings. The first-order valence-electron chi connectivity index (χ1n) is 11.9. The number of fused-ring (bicyclic) bond motifs is 2. The van der Waals surface area contributed by atoms with Crippen LogP contribution in [0.2, 0.25) is 0 Å². The number of aryl methyl sites for hydroxylation is 2. The molecule has 0 bridgehead atoms. The number of carbonyl (C=O) groups excluding carboxylic acids is 3. The number of carbonyl (C=O) groups is 3. The predicted molar refractivity (Wildman–Crippen MR) is 126 cm³/mol. The molecule has 0 radical (unpaired) electrons. The third kappa shape index (κ3) is 4.25. The van der Waals surface area contributed by atoms with Crippen LogP contribution in [-0.4, -0.2) is 41.8 Å². The second-order valence-electron chi connectivity index (χ2n) is 9.27. The van der Waals surface area contributed by atoms with E-state index in [1.54, 1.807) is 4.90 Å². The quantitative estimate of drug-likeness (QED) is 0.664. The summed E-state index contributed by atoms with van der Waals surface area (Å²) in [5.74, 6) is -0.765. The van der Waals surface area contributed by atoms with Gasteiger partial charge in [0, 0.05) is 37.3 Å². The molecule has 1 saturated heterocycles. The second-order valence-corrected chi connectivity index (χ2v) is 9.27. The van der Waals surface area contributed by atoms with Gasteiger partial charge < -0.3 is 15.5 Å². The van der Waals surface area contributed by atoms with E-state index in [9.17, 15) is 14.4 Å². The van der Waals surface area contributed by atoms with Gasteiger partial charge in [0.2, 0.25) is 11.8 Å². The van der Waals surface area contributed by atoms with Crippen molar-refractivity contribution in [2.45, 2.75) is 57.7 Å². The van der Waals surface area contributed by atoms with Gasteiger partial charge in [-0.25, -0.2) is 0 Å². The maximum atomic E-state index is 12.9. The average molecular weight is 447 g/mol. The Bertz CT molecular complexity index is 1110. The van der Waals surface area contributed by atoms with Crippen LogP contribution in [0.15, 0.2) is 36.4 Å². The number of anilines is 1. The molecule has 7 nitrogen and oxygen atoms in total. The minimum Gasteiger partial charge on any atom is -0.367 e. The molecule has 1 unspecified atom stereocenters. The molecule has 172 valence electrons. The Morgan fingerprint density at radius 1 is 1.00 bits per heavy atom. The SMILES string of the molecule is NCCCc1ccc2c(c1)CCCN2Cc1ccc2c(c1)CN(C1CCC(=O)NC1=O)C2=O. The summed E-state index contributed by atoms with van der Waals surface area (Å²) in [6.45, 7) is 2.92. The lowest BCUT2D eigenvalue weighted by molar-refractivity contribution is -0.136. The van der Waals surface area contributed by atoms with Crippen molar-refractivity contribution in [1.29, 1.82) is 0 Å². The minimum absolute atomic E-state index is 0.126. The highest BCUT2D eigenvalue weighted by atomic mass is 16.2. The fraction of sp³-hybridized carbons (Fsp3) is 0.423. The zero-order chi connectivity index (χ0) is 22.9. The third-order valence-corrected chi connectivity index (χ3v) is 6.99. The van der Waals surface area contributed by atoms with Crippen LogP contribution in [0, 0.1) is 0 Å². The molecule has 0 aliphatic carbocycles. The summed E-state index contributed by atoms with van der Waals surface area (Å²) >= 11 is 0. The maximum Gasteiger partial charge on any atom is 0.255 e. The number of rotatable bonds is 6. The first-order chi connectivity index (χ1) is 16.0. The number of hydrogen-bond acceptors (Lipinski definition) is 5. The first-order valence-corrected chi connectivity index (χ1v) is 11.9. The number of imide groups is 1. The number of nitrogens with zero attached hydrogens (tertiary/aromatic N) is 2. The van der Waals surface area contributed by atoms with Crippen LogP contribution >= 0.6 is 0 Å². The van der Waals surface area contributed by atoms with E-state index in [0.717, 1.165) is 49.9 Å². The molecule has 0 spiro atoms. The number of benzene rings is 2. The molecule has 2 aromatic rings. The molecule has 0 aromatic heterocycles. The van der Waals surface area contributed by atoms with Gasteiger partial charge in [-0.1, -0.05) is 24.3 Å².